The van der Waals surface area contributed by atoms with Crippen molar-refractivity contribution in [3.05, 3.63) is 47.9 Å². The van der Waals surface area contributed by atoms with Gasteiger partial charge in [-0.2, -0.15) is 4.31 Å². The van der Waals surface area contributed by atoms with Crippen molar-refractivity contribution in [3.63, 3.8) is 0 Å². The number of nitrogens with zero attached hydrogens (tertiary/aromatic N) is 2. The maximum atomic E-state index is 12.9. The fourth-order valence-electron chi connectivity index (χ4n) is 3.73. The number of sulfonamides is 1. The van der Waals surface area contributed by atoms with Gasteiger partial charge in [-0.15, -0.1) is 0 Å². The van der Waals surface area contributed by atoms with E-state index in [9.17, 15) is 13.2 Å². The van der Waals surface area contributed by atoms with Gasteiger partial charge in [0.15, 0.2) is 0 Å². The molecule has 1 saturated carbocycles. The summed E-state index contributed by atoms with van der Waals surface area (Å²) < 4.78 is 32.4. The van der Waals surface area contributed by atoms with E-state index in [1.807, 2.05) is 4.90 Å². The number of benzene rings is 1. The van der Waals surface area contributed by atoms with E-state index in [2.05, 4.69) is 0 Å². The zero-order valence-electron chi connectivity index (χ0n) is 15.4. The molecule has 2 aromatic rings. The Labute approximate surface area is 159 Å². The first-order chi connectivity index (χ1) is 13.0. The first kappa shape index (κ1) is 18.3. The maximum Gasteiger partial charge on any atom is 0.243 e. The largest absolute Gasteiger partial charge is 0.468 e. The Balaban J connectivity index is 1.59. The SMILES string of the molecule is CN(Cc1ccco1)S(=O)(=O)c1ccc2c(c1)CCCN2C(=O)C1CCC1. The molecule has 0 N–H and O–H groups in total. The van der Waals surface area contributed by atoms with Gasteiger partial charge in [0.05, 0.1) is 17.7 Å². The molecule has 0 bridgehead atoms. The zero-order valence-corrected chi connectivity index (χ0v) is 16.2. The van der Waals surface area contributed by atoms with Crippen molar-refractivity contribution in [2.24, 2.45) is 5.92 Å². The van der Waals surface area contributed by atoms with Crippen LogP contribution in [0, 0.1) is 5.92 Å². The quantitative estimate of drug-likeness (QED) is 0.789. The summed E-state index contributed by atoms with van der Waals surface area (Å²) in [5.41, 5.74) is 1.80. The van der Waals surface area contributed by atoms with Crippen LogP contribution in [0.2, 0.25) is 0 Å². The molecule has 1 amide bonds. The summed E-state index contributed by atoms with van der Waals surface area (Å²) in [7, 11) is -2.08. The number of hydrogen-bond acceptors (Lipinski definition) is 4. The summed E-state index contributed by atoms with van der Waals surface area (Å²) in [6.45, 7) is 0.894. The molecule has 0 atom stereocenters. The normalized spacial score (nSPS) is 17.6. The van der Waals surface area contributed by atoms with Crippen molar-refractivity contribution < 1.29 is 17.6 Å². The van der Waals surface area contributed by atoms with Gasteiger partial charge in [-0.05, 0) is 61.6 Å². The summed E-state index contributed by atoms with van der Waals surface area (Å²) in [5.74, 6) is 0.919. The minimum Gasteiger partial charge on any atom is -0.468 e. The van der Waals surface area contributed by atoms with Crippen molar-refractivity contribution >= 4 is 21.6 Å². The first-order valence-corrected chi connectivity index (χ1v) is 10.8. The van der Waals surface area contributed by atoms with Gasteiger partial charge in [0.25, 0.3) is 0 Å². The molecule has 0 radical (unpaired) electrons. The minimum atomic E-state index is -3.63. The molecule has 0 saturated heterocycles. The Bertz CT molecular complexity index is 933. The smallest absolute Gasteiger partial charge is 0.243 e. The van der Waals surface area contributed by atoms with Crippen molar-refractivity contribution in [2.45, 2.75) is 43.5 Å². The lowest BCUT2D eigenvalue weighted by molar-refractivity contribution is -0.124. The monoisotopic (exact) mass is 388 g/mol. The van der Waals surface area contributed by atoms with Gasteiger partial charge >= 0.3 is 0 Å². The number of carbonyl (C=O) groups excluding carboxylic acids is 1. The number of aryl methyl sites for hydroxylation is 1. The third-order valence-corrected chi connectivity index (χ3v) is 7.36. The molecule has 4 rings (SSSR count). The molecule has 6 nitrogen and oxygen atoms in total. The van der Waals surface area contributed by atoms with Crippen LogP contribution in [-0.4, -0.2) is 32.2 Å². The standard InChI is InChI=1S/C20H24N2O4S/c1-21(14-17-8-4-12-26-17)27(24,25)18-9-10-19-16(13-18)7-3-11-22(19)20(23)15-5-2-6-15/h4,8-10,12-13,15H,2-3,5-7,11,14H2,1H3. The maximum absolute atomic E-state index is 12.9. The third-order valence-electron chi connectivity index (χ3n) is 5.56. The molecule has 2 aliphatic rings. The van der Waals surface area contributed by atoms with Gasteiger partial charge in [-0.1, -0.05) is 6.42 Å². The van der Waals surface area contributed by atoms with Gasteiger partial charge in [0.2, 0.25) is 15.9 Å². The van der Waals surface area contributed by atoms with Crippen LogP contribution in [0.3, 0.4) is 0 Å². The van der Waals surface area contributed by atoms with E-state index in [4.69, 9.17) is 4.42 Å². The molecule has 1 aliphatic carbocycles. The summed E-state index contributed by atoms with van der Waals surface area (Å²) >= 11 is 0. The molecular weight excluding hydrogens is 364 g/mol. The molecule has 2 heterocycles. The lowest BCUT2D eigenvalue weighted by Gasteiger charge is -2.35. The average Bonchev–Trinajstić information content (AvgIpc) is 3.12. The fraction of sp³-hybridized carbons (Fsp3) is 0.450. The van der Waals surface area contributed by atoms with E-state index in [1.54, 1.807) is 37.4 Å². The van der Waals surface area contributed by atoms with Gasteiger partial charge in [-0.3, -0.25) is 4.79 Å². The highest BCUT2D eigenvalue weighted by atomic mass is 32.2. The Morgan fingerprint density at radius 2 is 2.07 bits per heavy atom. The van der Waals surface area contributed by atoms with Crippen molar-refractivity contribution in [3.8, 4) is 0 Å². The van der Waals surface area contributed by atoms with E-state index in [1.165, 1.54) is 10.6 Å². The summed E-state index contributed by atoms with van der Waals surface area (Å²) in [5, 5.41) is 0. The van der Waals surface area contributed by atoms with Crippen LogP contribution in [0.1, 0.15) is 37.0 Å². The second kappa shape index (κ2) is 7.13. The Kier molecular flexibility index (Phi) is 4.82. The van der Waals surface area contributed by atoms with Crippen molar-refractivity contribution in [1.29, 1.82) is 0 Å². The fourth-order valence-corrected chi connectivity index (χ4v) is 4.91. The van der Waals surface area contributed by atoms with E-state index in [-0.39, 0.29) is 23.3 Å². The molecule has 1 fully saturated rings. The molecular formula is C20H24N2O4S. The van der Waals surface area contributed by atoms with Gasteiger partial charge < -0.3 is 9.32 Å². The number of rotatable bonds is 5. The van der Waals surface area contributed by atoms with Crippen LogP contribution in [0.25, 0.3) is 0 Å². The lowest BCUT2D eigenvalue weighted by atomic mass is 9.83. The van der Waals surface area contributed by atoms with Crippen LogP contribution >= 0.6 is 0 Å². The van der Waals surface area contributed by atoms with E-state index in [0.29, 0.717) is 12.3 Å². The highest BCUT2D eigenvalue weighted by Gasteiger charge is 2.33. The van der Waals surface area contributed by atoms with Crippen LogP contribution in [0.5, 0.6) is 0 Å². The number of hydrogen-bond donors (Lipinski definition) is 0. The Hall–Kier alpha value is -2.12. The highest BCUT2D eigenvalue weighted by Crippen LogP contribution is 2.35. The van der Waals surface area contributed by atoms with Gasteiger partial charge in [0.1, 0.15) is 5.76 Å². The molecule has 7 heteroatoms. The zero-order chi connectivity index (χ0) is 19.0. The molecule has 27 heavy (non-hydrogen) atoms. The highest BCUT2D eigenvalue weighted by molar-refractivity contribution is 7.89. The van der Waals surface area contributed by atoms with Gasteiger partial charge in [-0.25, -0.2) is 8.42 Å². The molecule has 0 unspecified atom stereocenters. The summed E-state index contributed by atoms with van der Waals surface area (Å²) in [6.07, 6.45) is 6.23. The van der Waals surface area contributed by atoms with Crippen molar-refractivity contribution in [2.75, 3.05) is 18.5 Å². The molecule has 1 aromatic heterocycles. The van der Waals surface area contributed by atoms with Gasteiger partial charge in [0, 0.05) is 25.2 Å². The van der Waals surface area contributed by atoms with Crippen LogP contribution in [0.15, 0.2) is 45.9 Å². The predicted molar refractivity (Wildman–Crippen MR) is 102 cm³/mol. The molecule has 0 spiro atoms. The predicted octanol–water partition coefficient (Wildman–Crippen LogP) is 3.18. The average molecular weight is 388 g/mol. The summed E-state index contributed by atoms with van der Waals surface area (Å²) in [6, 6.07) is 8.62. The topological polar surface area (TPSA) is 70.8 Å². The number of carbonyl (C=O) groups is 1. The number of fused-ring (bicyclic) bond motifs is 1. The molecule has 1 aliphatic heterocycles. The third kappa shape index (κ3) is 3.41. The Morgan fingerprint density at radius 1 is 1.26 bits per heavy atom. The van der Waals surface area contributed by atoms with Crippen LogP contribution in [0.4, 0.5) is 5.69 Å². The number of anilines is 1. The molecule has 1 aromatic carbocycles. The second-order valence-electron chi connectivity index (χ2n) is 7.35. The van der Waals surface area contributed by atoms with E-state index >= 15 is 0 Å². The number of furan rings is 1. The first-order valence-electron chi connectivity index (χ1n) is 9.40. The molecule has 144 valence electrons. The minimum absolute atomic E-state index is 0.138. The lowest BCUT2D eigenvalue weighted by Crippen LogP contribution is -2.41. The van der Waals surface area contributed by atoms with Crippen molar-refractivity contribution in [1.82, 2.24) is 4.31 Å². The second-order valence-corrected chi connectivity index (χ2v) is 9.40. The Morgan fingerprint density at radius 3 is 2.74 bits per heavy atom. The van der Waals surface area contributed by atoms with Crippen LogP contribution < -0.4 is 4.90 Å². The number of amides is 1. The van der Waals surface area contributed by atoms with E-state index in [0.717, 1.165) is 43.4 Å². The van der Waals surface area contributed by atoms with E-state index < -0.39 is 10.0 Å². The van der Waals surface area contributed by atoms with Crippen LogP contribution in [-0.2, 0) is 27.8 Å². The summed E-state index contributed by atoms with van der Waals surface area (Å²) in [4.78, 5) is 14.8.